The van der Waals surface area contributed by atoms with Crippen LogP contribution in [0.4, 0.5) is 5.82 Å². The summed E-state index contributed by atoms with van der Waals surface area (Å²) in [6, 6.07) is 1.92. The van der Waals surface area contributed by atoms with Gasteiger partial charge in [0.1, 0.15) is 5.82 Å². The molecule has 0 amide bonds. The minimum atomic E-state index is -0.960. The summed E-state index contributed by atoms with van der Waals surface area (Å²) in [5, 5.41) is 8.57. The molecular weight excluding hydrogens is 228 g/mol. The molecule has 4 heteroatoms. The molecule has 0 radical (unpaired) electrons. The Hall–Kier alpha value is -2.10. The van der Waals surface area contributed by atoms with Crippen LogP contribution in [0, 0.1) is 6.92 Å². The maximum atomic E-state index is 10.4. The average Bonchev–Trinajstić information content (AvgIpc) is 2.34. The minimum Gasteiger partial charge on any atom is -0.478 e. The third-order valence-corrected chi connectivity index (χ3v) is 2.52. The van der Waals surface area contributed by atoms with Crippen molar-refractivity contribution in [3.05, 3.63) is 42.1 Å². The van der Waals surface area contributed by atoms with Crippen LogP contribution in [0.5, 0.6) is 0 Å². The molecule has 0 saturated heterocycles. The van der Waals surface area contributed by atoms with Gasteiger partial charge in [0, 0.05) is 25.4 Å². The zero-order valence-corrected chi connectivity index (χ0v) is 10.8. The second kappa shape index (κ2) is 6.59. The van der Waals surface area contributed by atoms with E-state index < -0.39 is 5.97 Å². The second-order valence-electron chi connectivity index (χ2n) is 3.91. The fourth-order valence-electron chi connectivity index (χ4n) is 1.70. The first-order valence-corrected chi connectivity index (χ1v) is 5.82. The highest BCUT2D eigenvalue weighted by atomic mass is 16.4. The van der Waals surface area contributed by atoms with Crippen LogP contribution in [-0.4, -0.2) is 29.1 Å². The van der Waals surface area contributed by atoms with Crippen LogP contribution in [0.2, 0.25) is 0 Å². The lowest BCUT2D eigenvalue weighted by molar-refractivity contribution is -0.131. The van der Waals surface area contributed by atoms with Gasteiger partial charge in [-0.05, 0) is 37.1 Å². The lowest BCUT2D eigenvalue weighted by atomic mass is 10.2. The minimum absolute atomic E-state index is 0.745. The third-order valence-electron chi connectivity index (χ3n) is 2.52. The first kappa shape index (κ1) is 14.0. The zero-order valence-electron chi connectivity index (χ0n) is 10.8. The number of anilines is 1. The van der Waals surface area contributed by atoms with Crippen LogP contribution in [0.3, 0.4) is 0 Å². The molecule has 4 nitrogen and oxygen atoms in total. The lowest BCUT2D eigenvalue weighted by Crippen LogP contribution is -2.24. The normalized spacial score (nSPS) is 10.6. The van der Waals surface area contributed by atoms with Gasteiger partial charge in [-0.25, -0.2) is 9.78 Å². The summed E-state index contributed by atoms with van der Waals surface area (Å²) in [6.45, 7) is 9.34. The molecule has 0 saturated carbocycles. The predicted octanol–water partition coefficient (Wildman–Crippen LogP) is 2.50. The Labute approximate surface area is 107 Å². The number of hydrogen-bond acceptors (Lipinski definition) is 3. The molecule has 0 atom stereocenters. The van der Waals surface area contributed by atoms with E-state index in [1.165, 1.54) is 6.08 Å². The molecule has 0 bridgehead atoms. The van der Waals surface area contributed by atoms with Gasteiger partial charge in [-0.3, -0.25) is 0 Å². The second-order valence-corrected chi connectivity index (χ2v) is 3.91. The van der Waals surface area contributed by atoms with Crippen molar-refractivity contribution in [3.8, 4) is 0 Å². The highest BCUT2D eigenvalue weighted by Crippen LogP contribution is 2.18. The van der Waals surface area contributed by atoms with Crippen LogP contribution in [-0.2, 0) is 4.79 Å². The molecule has 1 heterocycles. The Balaban J connectivity index is 2.97. The smallest absolute Gasteiger partial charge is 0.328 e. The number of carboxylic acids is 1. The summed E-state index contributed by atoms with van der Waals surface area (Å²) in [5.74, 6) is -0.0524. The van der Waals surface area contributed by atoms with Crippen LogP contribution in [0.25, 0.3) is 6.08 Å². The molecule has 1 N–H and O–H groups in total. The van der Waals surface area contributed by atoms with Gasteiger partial charge >= 0.3 is 5.97 Å². The van der Waals surface area contributed by atoms with E-state index in [4.69, 9.17) is 5.11 Å². The van der Waals surface area contributed by atoms with Crippen LogP contribution in [0.1, 0.15) is 18.1 Å². The Bertz CT molecular complexity index is 467. The van der Waals surface area contributed by atoms with Gasteiger partial charge in [0.15, 0.2) is 0 Å². The summed E-state index contributed by atoms with van der Waals surface area (Å²) in [6.07, 6.45) is 6.16. The van der Waals surface area contributed by atoms with Gasteiger partial charge in [0.25, 0.3) is 0 Å². The molecule has 0 aromatic carbocycles. The number of rotatable bonds is 6. The van der Waals surface area contributed by atoms with E-state index in [1.54, 1.807) is 6.20 Å². The van der Waals surface area contributed by atoms with Gasteiger partial charge in [-0.1, -0.05) is 6.08 Å². The van der Waals surface area contributed by atoms with E-state index in [-0.39, 0.29) is 0 Å². The van der Waals surface area contributed by atoms with Crippen molar-refractivity contribution in [1.82, 2.24) is 4.98 Å². The number of likely N-dealkylation sites (N-methyl/N-ethyl adjacent to an activating group) is 1. The van der Waals surface area contributed by atoms with Crippen LogP contribution in [0.15, 0.2) is 31.0 Å². The quantitative estimate of drug-likeness (QED) is 0.619. The molecule has 1 aromatic rings. The number of carboxylic acid groups (broad SMARTS) is 1. The summed E-state index contributed by atoms with van der Waals surface area (Å²) in [7, 11) is 0. The van der Waals surface area contributed by atoms with Crippen molar-refractivity contribution in [2.75, 3.05) is 18.0 Å². The van der Waals surface area contributed by atoms with E-state index in [0.717, 1.165) is 36.1 Å². The van der Waals surface area contributed by atoms with Crippen molar-refractivity contribution in [2.24, 2.45) is 0 Å². The highest BCUT2D eigenvalue weighted by Gasteiger charge is 2.07. The van der Waals surface area contributed by atoms with Gasteiger partial charge in [-0.2, -0.15) is 0 Å². The highest BCUT2D eigenvalue weighted by molar-refractivity contribution is 5.85. The molecule has 0 fully saturated rings. The lowest BCUT2D eigenvalue weighted by Gasteiger charge is -2.22. The summed E-state index contributed by atoms with van der Waals surface area (Å²) >= 11 is 0. The van der Waals surface area contributed by atoms with Gasteiger partial charge in [0.2, 0.25) is 0 Å². The van der Waals surface area contributed by atoms with E-state index >= 15 is 0 Å². The summed E-state index contributed by atoms with van der Waals surface area (Å²) < 4.78 is 0. The number of pyridine rings is 1. The Morgan fingerprint density at radius 3 is 2.83 bits per heavy atom. The molecule has 18 heavy (non-hydrogen) atoms. The van der Waals surface area contributed by atoms with E-state index in [9.17, 15) is 4.79 Å². The zero-order chi connectivity index (χ0) is 13.5. The first-order valence-electron chi connectivity index (χ1n) is 5.82. The number of hydrogen-bond donors (Lipinski definition) is 1. The fourth-order valence-corrected chi connectivity index (χ4v) is 1.70. The van der Waals surface area contributed by atoms with Gasteiger partial charge in [-0.15, -0.1) is 6.58 Å². The fraction of sp³-hybridized carbons (Fsp3) is 0.286. The van der Waals surface area contributed by atoms with Crippen molar-refractivity contribution < 1.29 is 9.90 Å². The molecule has 0 unspecified atom stereocenters. The molecule has 0 aliphatic carbocycles. The summed E-state index contributed by atoms with van der Waals surface area (Å²) in [5.41, 5.74) is 1.81. The molecular formula is C14H18N2O2. The number of aryl methyl sites for hydroxylation is 1. The van der Waals surface area contributed by atoms with Gasteiger partial charge in [0.05, 0.1) is 0 Å². The predicted molar refractivity (Wildman–Crippen MR) is 73.7 cm³/mol. The average molecular weight is 246 g/mol. The van der Waals surface area contributed by atoms with Crippen LogP contribution >= 0.6 is 0 Å². The van der Waals surface area contributed by atoms with Crippen molar-refractivity contribution in [2.45, 2.75) is 13.8 Å². The monoisotopic (exact) mass is 246 g/mol. The standard InChI is InChI=1S/C14H18N2O2/c1-4-8-16(5-2)14-11(3)9-12(10-15-14)6-7-13(17)18/h4,6-7,9-10H,1,5,8H2,2-3H3,(H,17,18)/b7-6+. The largest absolute Gasteiger partial charge is 0.478 e. The molecule has 0 spiro atoms. The first-order chi connectivity index (χ1) is 8.58. The number of aliphatic carboxylic acids is 1. The third kappa shape index (κ3) is 3.73. The Morgan fingerprint density at radius 2 is 2.33 bits per heavy atom. The summed E-state index contributed by atoms with van der Waals surface area (Å²) in [4.78, 5) is 16.9. The number of carbonyl (C=O) groups is 1. The Morgan fingerprint density at radius 1 is 1.61 bits per heavy atom. The van der Waals surface area contributed by atoms with Crippen molar-refractivity contribution >= 4 is 17.9 Å². The maximum absolute atomic E-state index is 10.4. The van der Waals surface area contributed by atoms with E-state index in [0.29, 0.717) is 0 Å². The Kier molecular flexibility index (Phi) is 5.11. The molecule has 1 rings (SSSR count). The topological polar surface area (TPSA) is 53.4 Å². The molecule has 0 aliphatic heterocycles. The number of aromatic nitrogens is 1. The van der Waals surface area contributed by atoms with Crippen LogP contribution < -0.4 is 4.90 Å². The SMILES string of the molecule is C=CCN(CC)c1ncc(/C=C/C(=O)O)cc1C. The molecule has 0 aliphatic rings. The maximum Gasteiger partial charge on any atom is 0.328 e. The molecule has 1 aromatic heterocycles. The molecule has 96 valence electrons. The van der Waals surface area contributed by atoms with E-state index in [1.807, 2.05) is 19.1 Å². The van der Waals surface area contributed by atoms with Crippen molar-refractivity contribution in [3.63, 3.8) is 0 Å². The van der Waals surface area contributed by atoms with Gasteiger partial charge < -0.3 is 10.0 Å². The van der Waals surface area contributed by atoms with Crippen molar-refractivity contribution in [1.29, 1.82) is 0 Å². The van der Waals surface area contributed by atoms with E-state index in [2.05, 4.69) is 23.4 Å². The number of nitrogens with zero attached hydrogens (tertiary/aromatic N) is 2.